The maximum atomic E-state index is 12.2. The van der Waals surface area contributed by atoms with Gasteiger partial charge in [0, 0.05) is 12.1 Å². The molecule has 0 aromatic heterocycles. The van der Waals surface area contributed by atoms with E-state index in [9.17, 15) is 4.79 Å². The summed E-state index contributed by atoms with van der Waals surface area (Å²) in [7, 11) is 0. The molecule has 25 heavy (non-hydrogen) atoms. The van der Waals surface area contributed by atoms with E-state index in [0.29, 0.717) is 17.8 Å². The van der Waals surface area contributed by atoms with Crippen molar-refractivity contribution in [1.82, 2.24) is 5.32 Å². The number of nitrogens with zero attached hydrogens (tertiary/aromatic N) is 2. The Morgan fingerprint density at radius 1 is 1.40 bits per heavy atom. The van der Waals surface area contributed by atoms with Crippen LogP contribution in [0.25, 0.3) is 0 Å². The van der Waals surface area contributed by atoms with Gasteiger partial charge in [0.15, 0.2) is 5.84 Å². The highest BCUT2D eigenvalue weighted by atomic mass is 16.1. The lowest BCUT2D eigenvalue weighted by Gasteiger charge is -2.13. The summed E-state index contributed by atoms with van der Waals surface area (Å²) < 4.78 is 0. The van der Waals surface area contributed by atoms with E-state index in [1.54, 1.807) is 30.3 Å². The molecule has 0 unspecified atom stereocenters. The number of benzene rings is 1. The maximum absolute atomic E-state index is 12.2. The van der Waals surface area contributed by atoms with Gasteiger partial charge in [-0.15, -0.1) is 0 Å². The number of carbonyl (C=O) groups excluding carboxylic acids is 1. The van der Waals surface area contributed by atoms with E-state index in [-0.39, 0.29) is 11.6 Å². The number of hydrazone groups is 1. The van der Waals surface area contributed by atoms with Crippen LogP contribution in [0.15, 0.2) is 41.0 Å². The summed E-state index contributed by atoms with van der Waals surface area (Å²) in [6.45, 7) is 0.614. The van der Waals surface area contributed by atoms with Gasteiger partial charge in [0.1, 0.15) is 6.07 Å². The first kappa shape index (κ1) is 18.2. The van der Waals surface area contributed by atoms with Crippen LogP contribution < -0.4 is 16.5 Å². The van der Waals surface area contributed by atoms with E-state index in [1.165, 1.54) is 18.4 Å². The molecule has 1 aliphatic rings. The quantitative estimate of drug-likeness (QED) is 0.264. The smallest absolute Gasteiger partial charge is 0.251 e. The minimum atomic E-state index is -0.416. The molecule has 130 valence electrons. The van der Waals surface area contributed by atoms with Crippen molar-refractivity contribution >= 4 is 23.1 Å². The van der Waals surface area contributed by atoms with Crippen LogP contribution in [-0.2, 0) is 0 Å². The number of anilines is 1. The normalized spacial score (nSPS) is 14.2. The van der Waals surface area contributed by atoms with Gasteiger partial charge in [-0.3, -0.25) is 15.6 Å². The molecule has 0 saturated heterocycles. The van der Waals surface area contributed by atoms with Crippen LogP contribution in [0.1, 0.15) is 42.5 Å². The third-order valence-electron chi connectivity index (χ3n) is 3.90. The predicted molar refractivity (Wildman–Crippen MR) is 98.5 cm³/mol. The number of hydrogen-bond donors (Lipinski definition) is 4. The minimum absolute atomic E-state index is 0.156. The van der Waals surface area contributed by atoms with Crippen molar-refractivity contribution in [3.8, 4) is 6.07 Å². The molecule has 7 nitrogen and oxygen atoms in total. The Balaban J connectivity index is 1.91. The third-order valence-corrected chi connectivity index (χ3v) is 3.90. The molecule has 0 atom stereocenters. The molecule has 0 saturated carbocycles. The minimum Gasteiger partial charge on any atom is -0.382 e. The summed E-state index contributed by atoms with van der Waals surface area (Å²) in [5, 5.41) is 22.7. The van der Waals surface area contributed by atoms with Gasteiger partial charge in [0.25, 0.3) is 5.91 Å². The molecule has 1 amide bonds. The number of allylic oxidation sites excluding steroid dienone is 1. The number of nitrogens with two attached hydrogens (primary N) is 1. The topological polar surface area (TPSA) is 127 Å². The maximum Gasteiger partial charge on any atom is 0.251 e. The number of hydrogen-bond acceptors (Lipinski definition) is 5. The van der Waals surface area contributed by atoms with E-state index >= 15 is 0 Å². The lowest BCUT2D eigenvalue weighted by molar-refractivity contribution is 0.0954. The lowest BCUT2D eigenvalue weighted by atomic mass is 9.97. The molecule has 1 aromatic rings. The summed E-state index contributed by atoms with van der Waals surface area (Å²) in [5.74, 6) is -0.572. The van der Waals surface area contributed by atoms with E-state index in [2.05, 4.69) is 21.9 Å². The number of nitrogens with one attached hydrogen (secondary N) is 3. The molecule has 0 bridgehead atoms. The number of rotatable bonds is 7. The van der Waals surface area contributed by atoms with Crippen molar-refractivity contribution < 1.29 is 4.79 Å². The zero-order valence-corrected chi connectivity index (χ0v) is 14.0. The predicted octanol–water partition coefficient (Wildman–Crippen LogP) is 2.53. The fraction of sp³-hybridized carbons (Fsp3) is 0.333. The van der Waals surface area contributed by atoms with Crippen LogP contribution in [0, 0.1) is 16.7 Å². The first-order valence-corrected chi connectivity index (χ1v) is 8.24. The van der Waals surface area contributed by atoms with E-state index in [4.69, 9.17) is 16.4 Å². The summed E-state index contributed by atoms with van der Waals surface area (Å²) in [4.78, 5) is 12.2. The van der Waals surface area contributed by atoms with E-state index in [0.717, 1.165) is 19.3 Å². The highest BCUT2D eigenvalue weighted by Crippen LogP contribution is 2.19. The first-order valence-electron chi connectivity index (χ1n) is 8.24. The van der Waals surface area contributed by atoms with Crippen LogP contribution in [0.4, 0.5) is 5.69 Å². The van der Waals surface area contributed by atoms with Crippen molar-refractivity contribution in [2.24, 2.45) is 10.8 Å². The molecule has 0 spiro atoms. The Morgan fingerprint density at radius 2 is 2.24 bits per heavy atom. The van der Waals surface area contributed by atoms with E-state index in [1.807, 2.05) is 0 Å². The van der Waals surface area contributed by atoms with Gasteiger partial charge in [0.05, 0.1) is 5.69 Å². The second-order valence-electron chi connectivity index (χ2n) is 5.79. The molecule has 0 radical (unpaired) electrons. The van der Waals surface area contributed by atoms with Gasteiger partial charge in [0.2, 0.25) is 5.71 Å². The molecule has 1 aromatic carbocycles. The lowest BCUT2D eigenvalue weighted by Crippen LogP contribution is -2.25. The number of amidine groups is 1. The second-order valence-corrected chi connectivity index (χ2v) is 5.79. The molecule has 2 rings (SSSR count). The van der Waals surface area contributed by atoms with Crippen molar-refractivity contribution in [3.63, 3.8) is 0 Å². The van der Waals surface area contributed by atoms with Gasteiger partial charge >= 0.3 is 0 Å². The van der Waals surface area contributed by atoms with Crippen molar-refractivity contribution in [1.29, 1.82) is 10.7 Å². The van der Waals surface area contributed by atoms with Crippen molar-refractivity contribution in [3.05, 3.63) is 41.5 Å². The third kappa shape index (κ3) is 5.77. The Hall–Kier alpha value is -3.14. The van der Waals surface area contributed by atoms with Gasteiger partial charge in [-0.1, -0.05) is 17.7 Å². The van der Waals surface area contributed by atoms with Gasteiger partial charge < -0.3 is 11.1 Å². The largest absolute Gasteiger partial charge is 0.382 e. The van der Waals surface area contributed by atoms with Crippen LogP contribution in [0.3, 0.4) is 0 Å². The Kier molecular flexibility index (Phi) is 6.72. The molecule has 0 fully saturated rings. The average molecular weight is 338 g/mol. The zero-order valence-electron chi connectivity index (χ0n) is 14.0. The zero-order chi connectivity index (χ0) is 18.1. The highest BCUT2D eigenvalue weighted by Gasteiger charge is 2.08. The van der Waals surface area contributed by atoms with Crippen LogP contribution in [-0.4, -0.2) is 24.0 Å². The van der Waals surface area contributed by atoms with Gasteiger partial charge in [-0.05, 0) is 50.3 Å². The fourth-order valence-electron chi connectivity index (χ4n) is 2.57. The molecular formula is C18H22N6O. The van der Waals surface area contributed by atoms with Crippen molar-refractivity contribution in [2.45, 2.75) is 32.1 Å². The van der Waals surface area contributed by atoms with Gasteiger partial charge in [-0.2, -0.15) is 10.4 Å². The van der Waals surface area contributed by atoms with Crippen LogP contribution in [0.5, 0.6) is 0 Å². The number of nitriles is 1. The number of amides is 1. The second kappa shape index (κ2) is 9.23. The Morgan fingerprint density at radius 3 is 2.92 bits per heavy atom. The molecule has 7 heteroatoms. The summed E-state index contributed by atoms with van der Waals surface area (Å²) in [6.07, 6.45) is 7.93. The van der Waals surface area contributed by atoms with E-state index < -0.39 is 5.84 Å². The fourth-order valence-corrected chi connectivity index (χ4v) is 2.57. The van der Waals surface area contributed by atoms with Gasteiger partial charge in [-0.25, -0.2) is 0 Å². The summed E-state index contributed by atoms with van der Waals surface area (Å²) >= 11 is 0. The standard InChI is InChI=1S/C18H22N6O/c19-12-16(17(20)21)24-23-15-8-4-7-14(11-15)18(25)22-10-9-13-5-2-1-3-6-13/h4-5,7-8,11,23H,1-3,6,9-10H2,(H3,20,21)(H,22,25)/b24-16+. The Labute approximate surface area is 147 Å². The van der Waals surface area contributed by atoms with Crippen LogP contribution >= 0.6 is 0 Å². The molecular weight excluding hydrogens is 316 g/mol. The monoisotopic (exact) mass is 338 g/mol. The molecule has 0 aliphatic heterocycles. The van der Waals surface area contributed by atoms with Crippen molar-refractivity contribution in [2.75, 3.05) is 12.0 Å². The summed E-state index contributed by atoms with van der Waals surface area (Å²) in [6, 6.07) is 8.49. The highest BCUT2D eigenvalue weighted by molar-refractivity contribution is 6.45. The average Bonchev–Trinajstić information content (AvgIpc) is 2.63. The SMILES string of the molecule is N#C/C(=N\Nc1cccc(C(=O)NCCC2=CCCCC2)c1)C(=N)N. The first-order chi connectivity index (χ1) is 12.1. The summed E-state index contributed by atoms with van der Waals surface area (Å²) in [5.41, 5.74) is 10.1. The molecule has 5 N–H and O–H groups in total. The van der Waals surface area contributed by atoms with Crippen LogP contribution in [0.2, 0.25) is 0 Å². The molecule has 0 heterocycles. The Bertz CT molecular complexity index is 744. The number of carbonyl (C=O) groups is 1. The molecule has 1 aliphatic carbocycles.